The average Bonchev–Trinajstić information content (AvgIpc) is 3.02. The Hall–Kier alpha value is -2.41. The van der Waals surface area contributed by atoms with Gasteiger partial charge in [-0.05, 0) is 6.42 Å². The van der Waals surface area contributed by atoms with Gasteiger partial charge in [0.1, 0.15) is 0 Å². The van der Waals surface area contributed by atoms with E-state index in [-0.39, 0.29) is 0 Å². The number of nitrogens with one attached hydrogen (secondary N) is 1. The van der Waals surface area contributed by atoms with Crippen molar-refractivity contribution in [3.05, 3.63) is 31.0 Å². The zero-order valence-electron chi connectivity index (χ0n) is 12.2. The third-order valence-electron chi connectivity index (χ3n) is 4.54. The molecule has 7 heteroatoms. The van der Waals surface area contributed by atoms with E-state index in [0.717, 1.165) is 48.9 Å². The first kappa shape index (κ1) is 12.2. The number of hydrogen-bond acceptors (Lipinski definition) is 5. The highest BCUT2D eigenvalue weighted by Crippen LogP contribution is 2.27. The molecule has 0 aromatic carbocycles. The van der Waals surface area contributed by atoms with Crippen LogP contribution in [0.3, 0.4) is 0 Å². The van der Waals surface area contributed by atoms with E-state index in [0.29, 0.717) is 6.04 Å². The molecule has 2 aliphatic heterocycles. The summed E-state index contributed by atoms with van der Waals surface area (Å²) in [6.07, 6.45) is 11.1. The fraction of sp³-hybridized carbons (Fsp3) is 0.400. The number of fused-ring (bicyclic) bond motifs is 1. The minimum Gasteiger partial charge on any atom is -0.353 e. The molecule has 0 atom stereocenters. The Morgan fingerprint density at radius 3 is 2.82 bits per heavy atom. The fourth-order valence-corrected chi connectivity index (χ4v) is 2.92. The molecule has 112 valence electrons. The molecule has 7 nitrogen and oxygen atoms in total. The molecule has 1 N–H and O–H groups in total. The maximum absolute atomic E-state index is 4.86. The first-order chi connectivity index (χ1) is 10.9. The molecular weight excluding hydrogens is 278 g/mol. The van der Waals surface area contributed by atoms with Gasteiger partial charge in [-0.1, -0.05) is 0 Å². The Balaban J connectivity index is 1.59. The van der Waals surface area contributed by atoms with Gasteiger partial charge in [-0.25, -0.2) is 9.97 Å². The number of imidazole rings is 1. The van der Waals surface area contributed by atoms with Crippen LogP contribution in [0.1, 0.15) is 12.5 Å². The fourth-order valence-electron chi connectivity index (χ4n) is 2.92. The normalized spacial score (nSPS) is 18.5. The molecule has 3 aromatic heterocycles. The van der Waals surface area contributed by atoms with E-state index in [9.17, 15) is 0 Å². The van der Waals surface area contributed by atoms with E-state index >= 15 is 0 Å². The largest absolute Gasteiger partial charge is 0.353 e. The number of anilines is 1. The van der Waals surface area contributed by atoms with Crippen LogP contribution in [0.5, 0.6) is 0 Å². The summed E-state index contributed by atoms with van der Waals surface area (Å²) >= 11 is 0. The molecule has 2 aliphatic rings. The van der Waals surface area contributed by atoms with Crippen molar-refractivity contribution in [3.8, 4) is 11.3 Å². The van der Waals surface area contributed by atoms with Crippen LogP contribution < -0.4 is 10.2 Å². The van der Waals surface area contributed by atoms with Crippen LogP contribution in [-0.4, -0.2) is 50.3 Å². The van der Waals surface area contributed by atoms with E-state index in [1.165, 1.54) is 6.42 Å². The second-order valence-electron chi connectivity index (χ2n) is 5.97. The van der Waals surface area contributed by atoms with Crippen molar-refractivity contribution in [3.63, 3.8) is 0 Å². The third-order valence-corrected chi connectivity index (χ3v) is 4.54. The van der Waals surface area contributed by atoms with Gasteiger partial charge in [0.05, 0.1) is 17.9 Å². The highest BCUT2D eigenvalue weighted by Gasteiger charge is 2.22. The minimum absolute atomic E-state index is 0.473. The first-order valence-electron chi connectivity index (χ1n) is 7.72. The summed E-state index contributed by atoms with van der Waals surface area (Å²) in [5, 5.41) is 7.76. The summed E-state index contributed by atoms with van der Waals surface area (Å²) in [5.74, 6) is 0.979. The van der Waals surface area contributed by atoms with E-state index in [2.05, 4.69) is 30.9 Å². The molecular formula is C15H17N7. The molecule has 0 radical (unpaired) electrons. The smallest absolute Gasteiger partial charge is 0.180 e. The molecule has 5 heterocycles. The van der Waals surface area contributed by atoms with Gasteiger partial charge in [0.2, 0.25) is 0 Å². The lowest BCUT2D eigenvalue weighted by Gasteiger charge is -2.32. The average molecular weight is 295 g/mol. The summed E-state index contributed by atoms with van der Waals surface area (Å²) in [7, 11) is 0. The molecule has 0 aliphatic carbocycles. The van der Waals surface area contributed by atoms with Gasteiger partial charge in [0, 0.05) is 56.5 Å². The Bertz CT molecular complexity index is 825. The van der Waals surface area contributed by atoms with Crippen LogP contribution in [0, 0.1) is 0 Å². The van der Waals surface area contributed by atoms with Crippen LogP contribution in [0.25, 0.3) is 16.9 Å². The van der Waals surface area contributed by atoms with Crippen LogP contribution >= 0.6 is 0 Å². The van der Waals surface area contributed by atoms with Gasteiger partial charge >= 0.3 is 0 Å². The molecule has 22 heavy (non-hydrogen) atoms. The van der Waals surface area contributed by atoms with E-state index < -0.39 is 0 Å². The molecule has 0 bridgehead atoms. The molecule has 5 rings (SSSR count). The van der Waals surface area contributed by atoms with Crippen molar-refractivity contribution in [2.75, 3.05) is 31.1 Å². The number of nitrogens with zero attached hydrogens (tertiary/aromatic N) is 6. The van der Waals surface area contributed by atoms with Gasteiger partial charge < -0.3 is 14.6 Å². The summed E-state index contributed by atoms with van der Waals surface area (Å²) in [6.45, 7) is 4.11. The van der Waals surface area contributed by atoms with Crippen molar-refractivity contribution >= 4 is 11.5 Å². The molecule has 0 unspecified atom stereocenters. The van der Waals surface area contributed by atoms with Crippen molar-refractivity contribution in [1.29, 1.82) is 0 Å². The Labute approximate surface area is 127 Å². The summed E-state index contributed by atoms with van der Waals surface area (Å²) in [4.78, 5) is 11.6. The minimum atomic E-state index is 0.473. The Kier molecular flexibility index (Phi) is 2.51. The predicted octanol–water partition coefficient (Wildman–Crippen LogP) is 0.947. The van der Waals surface area contributed by atoms with E-state index in [4.69, 9.17) is 4.98 Å². The van der Waals surface area contributed by atoms with Gasteiger partial charge in [0.15, 0.2) is 11.5 Å². The van der Waals surface area contributed by atoms with E-state index in [1.54, 1.807) is 0 Å². The second kappa shape index (κ2) is 4.54. The molecule has 0 amide bonds. The van der Waals surface area contributed by atoms with Gasteiger partial charge in [-0.3, -0.25) is 4.68 Å². The monoisotopic (exact) mass is 295 g/mol. The zero-order valence-corrected chi connectivity index (χ0v) is 12.2. The summed E-state index contributed by atoms with van der Waals surface area (Å²) in [6, 6.07) is 0.473. The molecule has 2 fully saturated rings. The van der Waals surface area contributed by atoms with Gasteiger partial charge in [-0.15, -0.1) is 0 Å². The van der Waals surface area contributed by atoms with Crippen LogP contribution in [0.2, 0.25) is 0 Å². The maximum atomic E-state index is 4.86. The van der Waals surface area contributed by atoms with Crippen LogP contribution in [-0.2, 0) is 0 Å². The molecule has 0 saturated carbocycles. The van der Waals surface area contributed by atoms with Gasteiger partial charge in [-0.2, -0.15) is 5.10 Å². The lowest BCUT2D eigenvalue weighted by atomic mass is 10.2. The van der Waals surface area contributed by atoms with Crippen LogP contribution in [0.4, 0.5) is 5.82 Å². The summed E-state index contributed by atoms with van der Waals surface area (Å²) < 4.78 is 4.09. The standard InChI is InChI=1S/C15H17N7/c1-3-20(4-1)15-14-17-2-5-21(14)10-13(19-15)11-6-18-22(9-11)12-7-16-8-12/h2,5-6,9-10,12,16H,1,3-4,7-8H2. The Morgan fingerprint density at radius 1 is 1.18 bits per heavy atom. The van der Waals surface area contributed by atoms with Crippen molar-refractivity contribution in [2.45, 2.75) is 12.5 Å². The predicted molar refractivity (Wildman–Crippen MR) is 82.9 cm³/mol. The maximum Gasteiger partial charge on any atom is 0.180 e. The number of rotatable bonds is 3. The van der Waals surface area contributed by atoms with Gasteiger partial charge in [0.25, 0.3) is 0 Å². The van der Waals surface area contributed by atoms with Crippen molar-refractivity contribution in [1.82, 2.24) is 29.5 Å². The van der Waals surface area contributed by atoms with Crippen LogP contribution in [0.15, 0.2) is 31.0 Å². The highest BCUT2D eigenvalue weighted by atomic mass is 15.3. The number of hydrogen-bond donors (Lipinski definition) is 1. The highest BCUT2D eigenvalue weighted by molar-refractivity contribution is 5.70. The zero-order chi connectivity index (χ0) is 14.5. The molecule has 0 spiro atoms. The molecule has 3 aromatic rings. The quantitative estimate of drug-likeness (QED) is 0.779. The SMILES string of the molecule is c1cn2cc(-c3cnn(C4CNC4)c3)nc(N3CCC3)c2n1. The van der Waals surface area contributed by atoms with Crippen molar-refractivity contribution < 1.29 is 0 Å². The van der Waals surface area contributed by atoms with Crippen molar-refractivity contribution in [2.24, 2.45) is 0 Å². The molecule has 2 saturated heterocycles. The summed E-state index contributed by atoms with van der Waals surface area (Å²) in [5.41, 5.74) is 2.94. The number of aromatic nitrogens is 5. The lowest BCUT2D eigenvalue weighted by molar-refractivity contribution is 0.318. The first-order valence-corrected chi connectivity index (χ1v) is 7.72. The topological polar surface area (TPSA) is 63.3 Å². The Morgan fingerprint density at radius 2 is 2.09 bits per heavy atom. The third kappa shape index (κ3) is 1.75. The van der Waals surface area contributed by atoms with E-state index in [1.807, 2.05) is 29.5 Å². The second-order valence-corrected chi connectivity index (χ2v) is 5.97. The lowest BCUT2D eigenvalue weighted by Crippen LogP contribution is -2.43.